The van der Waals surface area contributed by atoms with Crippen LogP contribution in [0.5, 0.6) is 0 Å². The number of halogens is 1. The van der Waals surface area contributed by atoms with Crippen LogP contribution >= 0.6 is 15.9 Å². The van der Waals surface area contributed by atoms with Crippen molar-refractivity contribution in [2.45, 2.75) is 0 Å². The molecule has 0 atom stereocenters. The summed E-state index contributed by atoms with van der Waals surface area (Å²) in [5.74, 6) is -0.0667. The van der Waals surface area contributed by atoms with Crippen molar-refractivity contribution in [3.05, 3.63) is 34.3 Å². The van der Waals surface area contributed by atoms with E-state index in [1.165, 1.54) is 0 Å². The molecule has 1 aliphatic rings. The number of carbonyl (C=O) groups is 1. The van der Waals surface area contributed by atoms with Gasteiger partial charge in [-0.3, -0.25) is 9.69 Å². The van der Waals surface area contributed by atoms with Crippen LogP contribution < -0.4 is 5.43 Å². The number of hydrogen-bond donors (Lipinski definition) is 1. The Hall–Kier alpha value is -1.24. The van der Waals surface area contributed by atoms with Crippen LogP contribution in [0.1, 0.15) is 5.56 Å². The first kappa shape index (κ1) is 15.2. The second-order valence-corrected chi connectivity index (χ2v) is 5.84. The zero-order chi connectivity index (χ0) is 14.4. The van der Waals surface area contributed by atoms with Crippen LogP contribution in [0, 0.1) is 0 Å². The normalized spacial score (nSPS) is 17.5. The highest BCUT2D eigenvalue weighted by Gasteiger charge is 2.15. The molecular weight excluding hydrogens is 320 g/mol. The number of rotatable bonds is 4. The van der Waals surface area contributed by atoms with Crippen molar-refractivity contribution in [3.8, 4) is 0 Å². The Bertz CT molecular complexity index is 467. The van der Waals surface area contributed by atoms with Gasteiger partial charge in [0, 0.05) is 30.7 Å². The summed E-state index contributed by atoms with van der Waals surface area (Å²) in [6.07, 6.45) is 1.65. The maximum Gasteiger partial charge on any atom is 0.254 e. The molecule has 0 unspecified atom stereocenters. The predicted octanol–water partition coefficient (Wildman–Crippen LogP) is 1.15. The molecular formula is C14H19BrN4O. The third kappa shape index (κ3) is 5.03. The van der Waals surface area contributed by atoms with E-state index in [1.807, 2.05) is 24.3 Å². The van der Waals surface area contributed by atoms with E-state index < -0.39 is 0 Å². The molecule has 0 spiro atoms. The zero-order valence-electron chi connectivity index (χ0n) is 11.6. The van der Waals surface area contributed by atoms with Crippen molar-refractivity contribution in [2.24, 2.45) is 5.10 Å². The van der Waals surface area contributed by atoms with Crippen LogP contribution in [0.25, 0.3) is 0 Å². The third-order valence-electron chi connectivity index (χ3n) is 3.24. The highest BCUT2D eigenvalue weighted by atomic mass is 79.9. The van der Waals surface area contributed by atoms with Crippen molar-refractivity contribution >= 4 is 28.1 Å². The molecule has 0 aromatic heterocycles. The van der Waals surface area contributed by atoms with Gasteiger partial charge in [-0.2, -0.15) is 5.10 Å². The topological polar surface area (TPSA) is 47.9 Å². The van der Waals surface area contributed by atoms with Gasteiger partial charge in [-0.05, 0) is 24.7 Å². The molecule has 1 saturated heterocycles. The number of carbonyl (C=O) groups excluding carboxylic acids is 1. The van der Waals surface area contributed by atoms with E-state index in [4.69, 9.17) is 0 Å². The largest absolute Gasteiger partial charge is 0.304 e. The van der Waals surface area contributed by atoms with E-state index in [2.05, 4.69) is 43.3 Å². The molecule has 2 rings (SSSR count). The minimum Gasteiger partial charge on any atom is -0.304 e. The number of likely N-dealkylation sites (N-methyl/N-ethyl adjacent to an activating group) is 1. The number of benzene rings is 1. The lowest BCUT2D eigenvalue weighted by Gasteiger charge is -2.31. The maximum absolute atomic E-state index is 11.7. The van der Waals surface area contributed by atoms with Crippen LogP contribution in [0.2, 0.25) is 0 Å². The number of nitrogens with one attached hydrogen (secondary N) is 1. The van der Waals surface area contributed by atoms with E-state index in [0.29, 0.717) is 6.54 Å². The first-order valence-corrected chi connectivity index (χ1v) is 7.41. The molecule has 0 radical (unpaired) electrons. The van der Waals surface area contributed by atoms with E-state index in [9.17, 15) is 4.79 Å². The van der Waals surface area contributed by atoms with Gasteiger partial charge in [-0.15, -0.1) is 0 Å². The first-order chi connectivity index (χ1) is 9.63. The quantitative estimate of drug-likeness (QED) is 0.661. The second kappa shape index (κ2) is 7.52. The van der Waals surface area contributed by atoms with E-state index in [1.54, 1.807) is 6.21 Å². The molecule has 1 fully saturated rings. The summed E-state index contributed by atoms with van der Waals surface area (Å²) >= 11 is 3.37. The van der Waals surface area contributed by atoms with Crippen LogP contribution in [-0.2, 0) is 4.79 Å². The number of piperazine rings is 1. The lowest BCUT2D eigenvalue weighted by molar-refractivity contribution is -0.122. The summed E-state index contributed by atoms with van der Waals surface area (Å²) in [5.41, 5.74) is 3.52. The molecule has 5 nitrogen and oxygen atoms in total. The van der Waals surface area contributed by atoms with E-state index >= 15 is 0 Å². The highest BCUT2D eigenvalue weighted by molar-refractivity contribution is 9.10. The lowest BCUT2D eigenvalue weighted by atomic mass is 10.2. The second-order valence-electron chi connectivity index (χ2n) is 4.92. The number of hydrogen-bond acceptors (Lipinski definition) is 4. The van der Waals surface area contributed by atoms with Crippen LogP contribution in [-0.4, -0.2) is 61.7 Å². The van der Waals surface area contributed by atoms with Crippen molar-refractivity contribution < 1.29 is 4.79 Å². The standard InChI is InChI=1S/C14H19BrN4O/c1-18-6-8-19(9-7-18)11-14(20)17-16-10-12-2-4-13(15)5-3-12/h2-5,10H,6-9,11H2,1H3,(H,17,20)/b16-10+. The van der Waals surface area contributed by atoms with Crippen LogP contribution in [0.3, 0.4) is 0 Å². The Morgan fingerprint density at radius 2 is 1.95 bits per heavy atom. The Morgan fingerprint density at radius 3 is 2.60 bits per heavy atom. The van der Waals surface area contributed by atoms with Gasteiger partial charge in [0.25, 0.3) is 5.91 Å². The average molecular weight is 339 g/mol. The molecule has 1 aliphatic heterocycles. The van der Waals surface area contributed by atoms with Gasteiger partial charge in [0.05, 0.1) is 12.8 Å². The zero-order valence-corrected chi connectivity index (χ0v) is 13.1. The van der Waals surface area contributed by atoms with Crippen molar-refractivity contribution in [1.82, 2.24) is 15.2 Å². The fourth-order valence-electron chi connectivity index (χ4n) is 1.97. The molecule has 1 N–H and O–H groups in total. The molecule has 0 aliphatic carbocycles. The summed E-state index contributed by atoms with van der Waals surface area (Å²) < 4.78 is 1.02. The Kier molecular flexibility index (Phi) is 5.70. The van der Waals surface area contributed by atoms with Crippen molar-refractivity contribution in [3.63, 3.8) is 0 Å². The monoisotopic (exact) mass is 338 g/mol. The van der Waals surface area contributed by atoms with Gasteiger partial charge in [0.15, 0.2) is 0 Å². The fraction of sp³-hybridized carbons (Fsp3) is 0.429. The molecule has 1 heterocycles. The van der Waals surface area contributed by atoms with Crippen molar-refractivity contribution in [2.75, 3.05) is 39.8 Å². The minimum absolute atomic E-state index is 0.0667. The van der Waals surface area contributed by atoms with Gasteiger partial charge in [-0.1, -0.05) is 28.1 Å². The summed E-state index contributed by atoms with van der Waals surface area (Å²) in [7, 11) is 2.10. The summed E-state index contributed by atoms with van der Waals surface area (Å²) in [6, 6.07) is 7.74. The van der Waals surface area contributed by atoms with Gasteiger partial charge in [-0.25, -0.2) is 5.43 Å². The first-order valence-electron chi connectivity index (χ1n) is 6.62. The Balaban J connectivity index is 1.73. The molecule has 1 aromatic rings. The Labute approximate surface area is 127 Å². The maximum atomic E-state index is 11.7. The lowest BCUT2D eigenvalue weighted by Crippen LogP contribution is -2.47. The average Bonchev–Trinajstić information content (AvgIpc) is 2.44. The minimum atomic E-state index is -0.0667. The highest BCUT2D eigenvalue weighted by Crippen LogP contribution is 2.08. The molecule has 1 amide bonds. The van der Waals surface area contributed by atoms with Gasteiger partial charge in [0.1, 0.15) is 0 Å². The van der Waals surface area contributed by atoms with Gasteiger partial charge in [0.2, 0.25) is 0 Å². The van der Waals surface area contributed by atoms with Crippen molar-refractivity contribution in [1.29, 1.82) is 0 Å². The van der Waals surface area contributed by atoms with E-state index in [-0.39, 0.29) is 5.91 Å². The van der Waals surface area contributed by atoms with Crippen LogP contribution in [0.15, 0.2) is 33.8 Å². The fourth-order valence-corrected chi connectivity index (χ4v) is 2.24. The molecule has 108 valence electrons. The number of nitrogens with zero attached hydrogens (tertiary/aromatic N) is 3. The molecule has 1 aromatic carbocycles. The summed E-state index contributed by atoms with van der Waals surface area (Å²) in [5, 5.41) is 3.97. The summed E-state index contributed by atoms with van der Waals surface area (Å²) in [4.78, 5) is 16.2. The smallest absolute Gasteiger partial charge is 0.254 e. The Morgan fingerprint density at radius 1 is 1.30 bits per heavy atom. The molecule has 6 heteroatoms. The third-order valence-corrected chi connectivity index (χ3v) is 3.76. The number of amides is 1. The van der Waals surface area contributed by atoms with Gasteiger partial charge >= 0.3 is 0 Å². The van der Waals surface area contributed by atoms with Crippen LogP contribution in [0.4, 0.5) is 0 Å². The summed E-state index contributed by atoms with van der Waals surface area (Å²) in [6.45, 7) is 4.29. The molecule has 0 bridgehead atoms. The molecule has 0 saturated carbocycles. The molecule has 20 heavy (non-hydrogen) atoms. The predicted molar refractivity (Wildman–Crippen MR) is 83.8 cm³/mol. The SMILES string of the molecule is CN1CCN(CC(=O)N/N=C/c2ccc(Br)cc2)CC1. The van der Waals surface area contributed by atoms with E-state index in [0.717, 1.165) is 36.2 Å². The number of hydrazone groups is 1. The van der Waals surface area contributed by atoms with Gasteiger partial charge < -0.3 is 4.90 Å².